The zero-order valence-corrected chi connectivity index (χ0v) is 16.7. The van der Waals surface area contributed by atoms with Crippen LogP contribution >= 0.6 is 11.6 Å². The van der Waals surface area contributed by atoms with Crippen LogP contribution in [0.3, 0.4) is 0 Å². The lowest BCUT2D eigenvalue weighted by Gasteiger charge is -2.25. The van der Waals surface area contributed by atoms with Crippen molar-refractivity contribution in [2.24, 2.45) is 0 Å². The molecule has 0 aliphatic carbocycles. The molecule has 0 saturated carbocycles. The van der Waals surface area contributed by atoms with Crippen LogP contribution in [-0.4, -0.2) is 11.0 Å². The Balaban J connectivity index is 1.81. The zero-order valence-electron chi connectivity index (χ0n) is 15.9. The number of halogens is 1. The summed E-state index contributed by atoms with van der Waals surface area (Å²) in [6, 6.07) is 17.9. The highest BCUT2D eigenvalue weighted by atomic mass is 35.5. The molecule has 1 amide bonds. The van der Waals surface area contributed by atoms with Crippen molar-refractivity contribution in [2.45, 2.75) is 13.0 Å². The van der Waals surface area contributed by atoms with E-state index in [1.165, 1.54) is 17.0 Å². The van der Waals surface area contributed by atoms with Crippen molar-refractivity contribution in [3.05, 3.63) is 104 Å². The average Bonchev–Trinajstić information content (AvgIpc) is 3.04. The molecule has 5 nitrogen and oxygen atoms in total. The van der Waals surface area contributed by atoms with Crippen molar-refractivity contribution in [2.75, 3.05) is 4.90 Å². The molecule has 1 atom stereocenters. The van der Waals surface area contributed by atoms with E-state index in [1.54, 1.807) is 48.5 Å². The second kappa shape index (κ2) is 6.75. The number of hydrogen-bond donors (Lipinski definition) is 1. The van der Waals surface area contributed by atoms with Crippen molar-refractivity contribution in [3.63, 3.8) is 0 Å². The Hall–Kier alpha value is -3.57. The van der Waals surface area contributed by atoms with E-state index >= 15 is 0 Å². The molecule has 0 spiro atoms. The number of nitrogens with zero attached hydrogens (tertiary/aromatic N) is 1. The van der Waals surface area contributed by atoms with Gasteiger partial charge in [0.25, 0.3) is 5.91 Å². The summed E-state index contributed by atoms with van der Waals surface area (Å²) in [6.07, 6.45) is 0. The van der Waals surface area contributed by atoms with Gasteiger partial charge in [0.2, 0.25) is 5.76 Å². The number of benzene rings is 3. The largest absolute Gasteiger partial charge is 0.508 e. The number of amides is 1. The Labute approximate surface area is 176 Å². The van der Waals surface area contributed by atoms with Crippen LogP contribution in [0.25, 0.3) is 11.0 Å². The summed E-state index contributed by atoms with van der Waals surface area (Å²) < 4.78 is 5.90. The van der Waals surface area contributed by atoms with Crippen LogP contribution in [0, 0.1) is 6.92 Å². The van der Waals surface area contributed by atoms with E-state index in [0.29, 0.717) is 27.2 Å². The number of phenolic OH excluding ortho intramolecular Hbond substituents is 1. The molecule has 0 fully saturated rings. The van der Waals surface area contributed by atoms with Gasteiger partial charge in [0.1, 0.15) is 11.3 Å². The van der Waals surface area contributed by atoms with Crippen LogP contribution in [0.15, 0.2) is 75.9 Å². The standard InChI is InChI=1S/C24H16ClNO4/c1-13-6-9-15(12-18(13)25)26-21(14-7-10-16(27)11-8-14)20-22(28)17-4-2-3-5-19(17)30-23(20)24(26)29/h2-12,21,27H,1H3. The van der Waals surface area contributed by atoms with E-state index < -0.39 is 11.9 Å². The van der Waals surface area contributed by atoms with E-state index in [2.05, 4.69) is 0 Å². The van der Waals surface area contributed by atoms with Crippen LogP contribution in [0.4, 0.5) is 5.69 Å². The van der Waals surface area contributed by atoms with Gasteiger partial charge in [-0.2, -0.15) is 0 Å². The first-order chi connectivity index (χ1) is 14.5. The van der Waals surface area contributed by atoms with E-state index in [0.717, 1.165) is 5.56 Å². The molecule has 148 valence electrons. The Morgan fingerprint density at radius 1 is 1.00 bits per heavy atom. The smallest absolute Gasteiger partial charge is 0.295 e. The van der Waals surface area contributed by atoms with E-state index in [4.69, 9.17) is 16.0 Å². The predicted molar refractivity (Wildman–Crippen MR) is 115 cm³/mol. The van der Waals surface area contributed by atoms with Crippen molar-refractivity contribution < 1.29 is 14.3 Å². The SMILES string of the molecule is Cc1ccc(N2C(=O)c3oc4ccccc4c(=O)c3C2c2ccc(O)cc2)cc1Cl. The minimum Gasteiger partial charge on any atom is -0.508 e. The van der Waals surface area contributed by atoms with Crippen LogP contribution < -0.4 is 10.3 Å². The molecule has 1 aliphatic rings. The van der Waals surface area contributed by atoms with Gasteiger partial charge in [-0.3, -0.25) is 14.5 Å². The summed E-state index contributed by atoms with van der Waals surface area (Å²) in [5, 5.41) is 10.6. The molecular formula is C24H16ClNO4. The number of carbonyl (C=O) groups is 1. The highest BCUT2D eigenvalue weighted by Crippen LogP contribution is 2.42. The molecule has 0 bridgehead atoms. The first-order valence-electron chi connectivity index (χ1n) is 9.40. The second-order valence-electron chi connectivity index (χ2n) is 7.27. The van der Waals surface area contributed by atoms with Gasteiger partial charge in [0, 0.05) is 10.7 Å². The zero-order chi connectivity index (χ0) is 21.0. The molecule has 2 heterocycles. The van der Waals surface area contributed by atoms with Gasteiger partial charge >= 0.3 is 0 Å². The maximum Gasteiger partial charge on any atom is 0.295 e. The Morgan fingerprint density at radius 2 is 1.73 bits per heavy atom. The number of anilines is 1. The monoisotopic (exact) mass is 417 g/mol. The summed E-state index contributed by atoms with van der Waals surface area (Å²) >= 11 is 6.33. The van der Waals surface area contributed by atoms with Gasteiger partial charge in [0.05, 0.1) is 17.0 Å². The molecule has 30 heavy (non-hydrogen) atoms. The van der Waals surface area contributed by atoms with E-state index in [-0.39, 0.29) is 22.5 Å². The number of aryl methyl sites for hydroxylation is 1. The number of para-hydroxylation sites is 1. The number of aromatic hydroxyl groups is 1. The highest BCUT2D eigenvalue weighted by molar-refractivity contribution is 6.31. The van der Waals surface area contributed by atoms with Crippen molar-refractivity contribution >= 4 is 34.2 Å². The Kier molecular flexibility index (Phi) is 4.15. The molecule has 5 rings (SSSR count). The molecule has 1 aliphatic heterocycles. The second-order valence-corrected chi connectivity index (χ2v) is 7.68. The highest BCUT2D eigenvalue weighted by Gasteiger charge is 2.43. The lowest BCUT2D eigenvalue weighted by molar-refractivity contribution is 0.0971. The number of rotatable bonds is 2. The van der Waals surface area contributed by atoms with Gasteiger partial charge < -0.3 is 9.52 Å². The first kappa shape index (κ1) is 18.5. The summed E-state index contributed by atoms with van der Waals surface area (Å²) in [5.74, 6) is -0.293. The fourth-order valence-electron chi connectivity index (χ4n) is 3.89. The number of phenols is 1. The summed E-state index contributed by atoms with van der Waals surface area (Å²) in [5.41, 5.74) is 2.51. The number of carbonyl (C=O) groups excluding carboxylic acids is 1. The van der Waals surface area contributed by atoms with Gasteiger partial charge in [-0.25, -0.2) is 0 Å². The molecule has 0 saturated heterocycles. The Bertz CT molecular complexity index is 1370. The lowest BCUT2D eigenvalue weighted by Crippen LogP contribution is -2.29. The third-order valence-electron chi connectivity index (χ3n) is 5.42. The van der Waals surface area contributed by atoms with Crippen LogP contribution in [0.1, 0.15) is 33.3 Å². The molecule has 6 heteroatoms. The normalized spacial score (nSPS) is 15.6. The van der Waals surface area contributed by atoms with Gasteiger partial charge in [0.15, 0.2) is 5.43 Å². The number of hydrogen-bond acceptors (Lipinski definition) is 4. The quantitative estimate of drug-likeness (QED) is 0.486. The van der Waals surface area contributed by atoms with E-state index in [9.17, 15) is 14.7 Å². The number of fused-ring (bicyclic) bond motifs is 2. The fourth-order valence-corrected chi connectivity index (χ4v) is 4.06. The summed E-state index contributed by atoms with van der Waals surface area (Å²) in [7, 11) is 0. The molecular weight excluding hydrogens is 402 g/mol. The third kappa shape index (κ3) is 2.70. The molecule has 3 aromatic carbocycles. The minimum absolute atomic E-state index is 0.0217. The van der Waals surface area contributed by atoms with Gasteiger partial charge in [-0.15, -0.1) is 0 Å². The Morgan fingerprint density at radius 3 is 2.47 bits per heavy atom. The minimum atomic E-state index is -0.701. The molecule has 1 aromatic heterocycles. The molecule has 0 radical (unpaired) electrons. The third-order valence-corrected chi connectivity index (χ3v) is 5.83. The van der Waals surface area contributed by atoms with Crippen LogP contribution in [-0.2, 0) is 0 Å². The predicted octanol–water partition coefficient (Wildman–Crippen LogP) is 5.21. The average molecular weight is 418 g/mol. The first-order valence-corrected chi connectivity index (χ1v) is 9.78. The van der Waals surface area contributed by atoms with Gasteiger partial charge in [-0.1, -0.05) is 41.9 Å². The maximum absolute atomic E-state index is 13.4. The van der Waals surface area contributed by atoms with Crippen molar-refractivity contribution in [3.8, 4) is 5.75 Å². The fraction of sp³-hybridized carbons (Fsp3) is 0.0833. The maximum atomic E-state index is 13.4. The van der Waals surface area contributed by atoms with E-state index in [1.807, 2.05) is 13.0 Å². The van der Waals surface area contributed by atoms with Crippen molar-refractivity contribution in [1.29, 1.82) is 0 Å². The molecule has 1 unspecified atom stereocenters. The van der Waals surface area contributed by atoms with Crippen LogP contribution in [0.5, 0.6) is 5.75 Å². The lowest BCUT2D eigenvalue weighted by atomic mass is 9.98. The topological polar surface area (TPSA) is 70.8 Å². The van der Waals surface area contributed by atoms with Gasteiger partial charge in [-0.05, 0) is 54.4 Å². The molecule has 4 aromatic rings. The van der Waals surface area contributed by atoms with Crippen LogP contribution in [0.2, 0.25) is 5.02 Å². The summed E-state index contributed by atoms with van der Waals surface area (Å²) in [6.45, 7) is 1.88. The molecule has 1 N–H and O–H groups in total. The van der Waals surface area contributed by atoms with Crippen molar-refractivity contribution in [1.82, 2.24) is 0 Å². The summed E-state index contributed by atoms with van der Waals surface area (Å²) in [4.78, 5) is 28.4.